The van der Waals surface area contributed by atoms with Gasteiger partial charge in [0.1, 0.15) is 5.75 Å². The van der Waals surface area contributed by atoms with Gasteiger partial charge in [0.15, 0.2) is 0 Å². The van der Waals surface area contributed by atoms with E-state index in [-0.39, 0.29) is 11.0 Å². The molecule has 2 rings (SSSR count). The highest BCUT2D eigenvalue weighted by Crippen LogP contribution is 2.20. The third-order valence-corrected chi connectivity index (χ3v) is 3.14. The predicted molar refractivity (Wildman–Crippen MR) is 84.1 cm³/mol. The second kappa shape index (κ2) is 6.12. The highest BCUT2D eigenvalue weighted by molar-refractivity contribution is 5.36. The van der Waals surface area contributed by atoms with Crippen molar-refractivity contribution in [2.75, 3.05) is 6.61 Å². The third-order valence-electron chi connectivity index (χ3n) is 3.14. The first-order valence-electron chi connectivity index (χ1n) is 7.14. The first-order chi connectivity index (χ1) is 9.85. The standard InChI is InChI=1S/C17H22N2O2/c1-13-11-16(20)19(18-12-13)14-5-7-15(8-6-14)21-10-9-17(2,3)4/h5-8,11-12H,9-10H2,1-4H3. The number of hydrogen-bond acceptors (Lipinski definition) is 3. The molecular formula is C17H22N2O2. The molecule has 0 aliphatic carbocycles. The predicted octanol–water partition coefficient (Wildman–Crippen LogP) is 3.36. The first-order valence-corrected chi connectivity index (χ1v) is 7.14. The number of aryl methyl sites for hydroxylation is 1. The highest BCUT2D eigenvalue weighted by Gasteiger charge is 2.10. The lowest BCUT2D eigenvalue weighted by molar-refractivity contribution is 0.243. The van der Waals surface area contributed by atoms with Gasteiger partial charge in [0.2, 0.25) is 0 Å². The number of aromatic nitrogens is 2. The Labute approximate surface area is 125 Å². The summed E-state index contributed by atoms with van der Waals surface area (Å²) < 4.78 is 7.10. The highest BCUT2D eigenvalue weighted by atomic mass is 16.5. The minimum atomic E-state index is -0.128. The fourth-order valence-electron chi connectivity index (χ4n) is 1.85. The summed E-state index contributed by atoms with van der Waals surface area (Å²) in [5.74, 6) is 0.808. The minimum Gasteiger partial charge on any atom is -0.494 e. The minimum absolute atomic E-state index is 0.128. The molecule has 0 aliphatic rings. The maximum atomic E-state index is 11.9. The van der Waals surface area contributed by atoms with Crippen molar-refractivity contribution >= 4 is 0 Å². The van der Waals surface area contributed by atoms with Crippen LogP contribution in [0.5, 0.6) is 5.75 Å². The van der Waals surface area contributed by atoms with E-state index < -0.39 is 0 Å². The molecule has 0 spiro atoms. The molecule has 21 heavy (non-hydrogen) atoms. The van der Waals surface area contributed by atoms with Crippen LogP contribution in [0.4, 0.5) is 0 Å². The van der Waals surface area contributed by atoms with E-state index in [1.54, 1.807) is 12.3 Å². The quantitative estimate of drug-likeness (QED) is 0.865. The Morgan fingerprint density at radius 2 is 1.86 bits per heavy atom. The van der Waals surface area contributed by atoms with E-state index in [1.807, 2.05) is 31.2 Å². The second-order valence-electron chi connectivity index (χ2n) is 6.44. The van der Waals surface area contributed by atoms with Gasteiger partial charge in [0.25, 0.3) is 5.56 Å². The molecule has 0 fully saturated rings. The molecule has 4 heteroatoms. The lowest BCUT2D eigenvalue weighted by Gasteiger charge is -2.18. The number of benzene rings is 1. The molecule has 112 valence electrons. The van der Waals surface area contributed by atoms with Gasteiger partial charge in [-0.15, -0.1) is 0 Å². The van der Waals surface area contributed by atoms with Crippen LogP contribution < -0.4 is 10.3 Å². The van der Waals surface area contributed by atoms with Gasteiger partial charge in [0, 0.05) is 6.07 Å². The van der Waals surface area contributed by atoms with Gasteiger partial charge >= 0.3 is 0 Å². The van der Waals surface area contributed by atoms with Crippen LogP contribution in [0.15, 0.2) is 41.3 Å². The summed E-state index contributed by atoms with van der Waals surface area (Å²) in [4.78, 5) is 11.9. The van der Waals surface area contributed by atoms with Gasteiger partial charge in [-0.05, 0) is 48.6 Å². The van der Waals surface area contributed by atoms with Gasteiger partial charge in [-0.1, -0.05) is 20.8 Å². The first kappa shape index (κ1) is 15.3. The Hall–Kier alpha value is -2.10. The summed E-state index contributed by atoms with van der Waals surface area (Å²) in [6.45, 7) is 9.11. The smallest absolute Gasteiger partial charge is 0.271 e. The Balaban J connectivity index is 2.07. The number of hydrogen-bond donors (Lipinski definition) is 0. The van der Waals surface area contributed by atoms with Crippen LogP contribution >= 0.6 is 0 Å². The number of rotatable bonds is 4. The normalized spacial score (nSPS) is 11.4. The third kappa shape index (κ3) is 4.45. The van der Waals surface area contributed by atoms with Crippen LogP contribution in [-0.4, -0.2) is 16.4 Å². The molecule has 4 nitrogen and oxygen atoms in total. The molecule has 0 bridgehead atoms. The molecular weight excluding hydrogens is 264 g/mol. The van der Waals surface area contributed by atoms with E-state index in [0.29, 0.717) is 6.61 Å². The maximum absolute atomic E-state index is 11.9. The van der Waals surface area contributed by atoms with E-state index in [0.717, 1.165) is 23.4 Å². The summed E-state index contributed by atoms with van der Waals surface area (Å²) in [6.07, 6.45) is 2.67. The Kier molecular flexibility index (Phi) is 4.46. The van der Waals surface area contributed by atoms with Crippen LogP contribution in [0, 0.1) is 12.3 Å². The lowest BCUT2D eigenvalue weighted by atomic mass is 9.93. The van der Waals surface area contributed by atoms with Crippen molar-refractivity contribution in [3.63, 3.8) is 0 Å². The molecule has 0 aliphatic heterocycles. The number of nitrogens with zero attached hydrogens (tertiary/aromatic N) is 2. The molecule has 0 N–H and O–H groups in total. The van der Waals surface area contributed by atoms with E-state index >= 15 is 0 Å². The summed E-state index contributed by atoms with van der Waals surface area (Å²) >= 11 is 0. The lowest BCUT2D eigenvalue weighted by Crippen LogP contribution is -2.20. The van der Waals surface area contributed by atoms with E-state index in [4.69, 9.17) is 4.74 Å². The van der Waals surface area contributed by atoms with Crippen molar-refractivity contribution in [1.29, 1.82) is 0 Å². The van der Waals surface area contributed by atoms with Crippen molar-refractivity contribution in [2.24, 2.45) is 5.41 Å². The van der Waals surface area contributed by atoms with E-state index in [9.17, 15) is 4.79 Å². The molecule has 1 aromatic carbocycles. The van der Waals surface area contributed by atoms with Crippen LogP contribution in [0.3, 0.4) is 0 Å². The Morgan fingerprint density at radius 1 is 1.19 bits per heavy atom. The zero-order valence-electron chi connectivity index (χ0n) is 13.1. The fraction of sp³-hybridized carbons (Fsp3) is 0.412. The maximum Gasteiger partial charge on any atom is 0.271 e. The molecule has 0 saturated heterocycles. The van der Waals surface area contributed by atoms with Crippen molar-refractivity contribution in [3.8, 4) is 11.4 Å². The van der Waals surface area contributed by atoms with Crippen LogP contribution in [0.25, 0.3) is 5.69 Å². The molecule has 0 radical (unpaired) electrons. The molecule has 1 aromatic heterocycles. The zero-order chi connectivity index (χ0) is 15.5. The topological polar surface area (TPSA) is 44.1 Å². The monoisotopic (exact) mass is 286 g/mol. The van der Waals surface area contributed by atoms with Crippen molar-refractivity contribution in [2.45, 2.75) is 34.1 Å². The van der Waals surface area contributed by atoms with Crippen LogP contribution in [-0.2, 0) is 0 Å². The average molecular weight is 286 g/mol. The van der Waals surface area contributed by atoms with Gasteiger partial charge in [-0.2, -0.15) is 9.78 Å². The summed E-state index contributed by atoms with van der Waals surface area (Å²) in [5, 5.41) is 4.14. The van der Waals surface area contributed by atoms with Gasteiger partial charge in [-0.3, -0.25) is 4.79 Å². The van der Waals surface area contributed by atoms with Crippen molar-refractivity contribution < 1.29 is 4.74 Å². The van der Waals surface area contributed by atoms with E-state index in [1.165, 1.54) is 4.68 Å². The Bertz CT molecular complexity index is 652. The number of ether oxygens (including phenoxy) is 1. The average Bonchev–Trinajstić information content (AvgIpc) is 2.38. The molecule has 1 heterocycles. The summed E-state index contributed by atoms with van der Waals surface area (Å²) in [7, 11) is 0. The van der Waals surface area contributed by atoms with Crippen molar-refractivity contribution in [3.05, 3.63) is 52.4 Å². The van der Waals surface area contributed by atoms with E-state index in [2.05, 4.69) is 25.9 Å². The molecule has 0 unspecified atom stereocenters. The Morgan fingerprint density at radius 3 is 2.43 bits per heavy atom. The summed E-state index contributed by atoms with van der Waals surface area (Å²) in [6, 6.07) is 8.99. The molecule has 0 saturated carbocycles. The van der Waals surface area contributed by atoms with Crippen molar-refractivity contribution in [1.82, 2.24) is 9.78 Å². The molecule has 2 aromatic rings. The van der Waals surface area contributed by atoms with Gasteiger partial charge in [-0.25, -0.2) is 0 Å². The largest absolute Gasteiger partial charge is 0.494 e. The fourth-order valence-corrected chi connectivity index (χ4v) is 1.85. The van der Waals surface area contributed by atoms with Crippen LogP contribution in [0.1, 0.15) is 32.8 Å². The van der Waals surface area contributed by atoms with Gasteiger partial charge < -0.3 is 4.74 Å². The zero-order valence-corrected chi connectivity index (χ0v) is 13.1. The van der Waals surface area contributed by atoms with Gasteiger partial charge in [0.05, 0.1) is 18.5 Å². The SMILES string of the molecule is Cc1cnn(-c2ccc(OCCC(C)(C)C)cc2)c(=O)c1. The van der Waals surface area contributed by atoms with Crippen LogP contribution in [0.2, 0.25) is 0 Å². The second-order valence-corrected chi connectivity index (χ2v) is 6.44. The molecule has 0 atom stereocenters. The molecule has 0 amide bonds. The summed E-state index contributed by atoms with van der Waals surface area (Å²) in [5.41, 5.74) is 1.73.